The monoisotopic (exact) mass is 1520 g/mol. The molecule has 0 saturated heterocycles. The zero-order valence-corrected chi connectivity index (χ0v) is 67.5. The van der Waals surface area contributed by atoms with Crippen LogP contribution in [0.4, 0.5) is 0 Å². The molecular formula is C88H100ClLiO12S4. The van der Waals surface area contributed by atoms with Gasteiger partial charge in [-0.3, -0.25) is 4.21 Å². The van der Waals surface area contributed by atoms with E-state index in [0.717, 1.165) is 49.1 Å². The Morgan fingerprint density at radius 2 is 0.717 bits per heavy atom. The zero-order valence-electron chi connectivity index (χ0n) is 63.5. The first kappa shape index (κ1) is 85.5. The summed E-state index contributed by atoms with van der Waals surface area (Å²) >= 11 is 2.99. The Morgan fingerprint density at radius 3 is 1.06 bits per heavy atom. The van der Waals surface area contributed by atoms with Crippen LogP contribution in [-0.4, -0.2) is 47.2 Å². The third kappa shape index (κ3) is 22.0. The summed E-state index contributed by atoms with van der Waals surface area (Å²) in [6.45, 7) is 26.0. The van der Waals surface area contributed by atoms with E-state index in [-0.39, 0.29) is 76.3 Å². The molecule has 10 rings (SSSR count). The van der Waals surface area contributed by atoms with Crippen LogP contribution in [0.3, 0.4) is 0 Å². The fraction of sp³-hybridized carbons (Fsp3) is 0.318. The summed E-state index contributed by atoms with van der Waals surface area (Å²) in [5, 5.41) is 0. The molecule has 0 heterocycles. The molecule has 0 fully saturated rings. The maximum atomic E-state index is 14.0. The number of alkyl halides is 1. The van der Waals surface area contributed by atoms with Gasteiger partial charge in [-0.25, -0.2) is 25.3 Å². The molecule has 0 radical (unpaired) electrons. The van der Waals surface area contributed by atoms with Crippen molar-refractivity contribution in [3.8, 4) is 34.5 Å². The van der Waals surface area contributed by atoms with Crippen LogP contribution in [-0.2, 0) is 75.9 Å². The minimum atomic E-state index is -4.24. The van der Waals surface area contributed by atoms with Crippen LogP contribution in [0.5, 0.6) is 34.5 Å². The fourth-order valence-electron chi connectivity index (χ4n) is 12.7. The molecule has 106 heavy (non-hydrogen) atoms. The predicted octanol–water partition coefficient (Wildman–Crippen LogP) is 19.4. The second-order valence-electron chi connectivity index (χ2n) is 27.0. The Balaban J connectivity index is 0.000000254. The first-order chi connectivity index (χ1) is 50.2. The maximum absolute atomic E-state index is 14.0. The minimum absolute atomic E-state index is 0. The van der Waals surface area contributed by atoms with Crippen LogP contribution >= 0.6 is 11.6 Å². The molecule has 0 saturated carbocycles. The predicted molar refractivity (Wildman–Crippen MR) is 424 cm³/mol. The molecule has 0 aliphatic heterocycles. The van der Waals surface area contributed by atoms with Gasteiger partial charge in [0.15, 0.2) is 9.84 Å². The number of halogens is 1. The molecule has 0 aliphatic rings. The van der Waals surface area contributed by atoms with E-state index in [0.29, 0.717) is 53.6 Å². The normalized spacial score (nSPS) is 12.6. The number of hydrogen-bond acceptors (Lipinski definition) is 12. The van der Waals surface area contributed by atoms with Crippen molar-refractivity contribution in [2.75, 3.05) is 13.2 Å². The molecule has 0 N–H and O–H groups in total. The summed E-state index contributed by atoms with van der Waals surface area (Å²) in [4.78, 5) is -1.32. The molecule has 10 aromatic carbocycles. The third-order valence-electron chi connectivity index (χ3n) is 19.3. The van der Waals surface area contributed by atoms with Crippen LogP contribution < -0.4 is 37.8 Å². The average Bonchev–Trinajstić information content (AvgIpc) is 0.775. The first-order valence-electron chi connectivity index (χ1n) is 36.2. The van der Waals surface area contributed by atoms with Crippen LogP contribution in [0.15, 0.2) is 260 Å². The Labute approximate surface area is 650 Å². The Hall–Kier alpha value is -7.75. The summed E-state index contributed by atoms with van der Waals surface area (Å²) in [6, 6.07) is 69.3. The molecule has 0 bridgehead atoms. The topological polar surface area (TPSA) is 179 Å². The SMILES string of the molecule is CCCC(CC)c1ccc(CCl)cc1.CCCC(CC)c1ccc(CS(=O)(=O)c2cc(OCC)ccc2S(=O)(=O)c2ccc(Oc3ccc(C(C)(C)c4ccc(CC)cc4)cc3)cc2)cc1.CCOc1ccc(S(=O)(=O)c2ccc(Oc3ccc(C(C)(C)c4ccc(CC)cc4)cc3)cc2)c(S(=O)[O-])c1.[Li+]. The summed E-state index contributed by atoms with van der Waals surface area (Å²) in [5.74, 6) is 4.11. The summed E-state index contributed by atoms with van der Waals surface area (Å²) in [6.07, 6.45) is 8.92. The van der Waals surface area contributed by atoms with E-state index in [1.807, 2.05) is 72.8 Å². The smallest absolute Gasteiger partial charge is 0.768 e. The molecule has 3 unspecified atom stereocenters. The van der Waals surface area contributed by atoms with E-state index in [9.17, 15) is 34.0 Å². The van der Waals surface area contributed by atoms with Crippen molar-refractivity contribution >= 4 is 52.2 Å². The van der Waals surface area contributed by atoms with E-state index in [2.05, 4.69) is 142 Å². The van der Waals surface area contributed by atoms with Crippen molar-refractivity contribution in [1.82, 2.24) is 0 Å². The van der Waals surface area contributed by atoms with Crippen molar-refractivity contribution in [3.63, 3.8) is 0 Å². The zero-order chi connectivity index (χ0) is 76.1. The average molecular weight is 1520 g/mol. The van der Waals surface area contributed by atoms with Gasteiger partial charge >= 0.3 is 18.9 Å². The molecule has 0 aromatic heterocycles. The van der Waals surface area contributed by atoms with Gasteiger partial charge < -0.3 is 23.5 Å². The van der Waals surface area contributed by atoms with E-state index >= 15 is 0 Å². The van der Waals surface area contributed by atoms with Crippen LogP contribution in [0, 0.1) is 0 Å². The molecule has 10 aromatic rings. The summed E-state index contributed by atoms with van der Waals surface area (Å²) in [7, 11) is -12.4. The van der Waals surface area contributed by atoms with Crippen LogP contribution in [0.1, 0.15) is 189 Å². The molecule has 12 nitrogen and oxygen atoms in total. The Morgan fingerprint density at radius 1 is 0.396 bits per heavy atom. The molecule has 3 atom stereocenters. The van der Waals surface area contributed by atoms with E-state index in [1.54, 1.807) is 38.1 Å². The van der Waals surface area contributed by atoms with E-state index < -0.39 is 40.6 Å². The molecule has 556 valence electrons. The minimum Gasteiger partial charge on any atom is -0.768 e. The maximum Gasteiger partial charge on any atom is 1.00 e. The van der Waals surface area contributed by atoms with Crippen LogP contribution in [0.25, 0.3) is 0 Å². The van der Waals surface area contributed by atoms with Gasteiger partial charge in [-0.15, -0.1) is 11.6 Å². The van der Waals surface area contributed by atoms with Crippen molar-refractivity contribution in [2.45, 2.75) is 198 Å². The third-order valence-corrected chi connectivity index (χ3v) is 25.9. The number of rotatable bonds is 31. The van der Waals surface area contributed by atoms with Crippen molar-refractivity contribution in [1.29, 1.82) is 0 Å². The van der Waals surface area contributed by atoms with Crippen molar-refractivity contribution in [2.24, 2.45) is 0 Å². The number of sulfone groups is 3. The molecule has 18 heteroatoms. The number of aryl methyl sites for hydroxylation is 2. The van der Waals surface area contributed by atoms with E-state index in [1.165, 1.54) is 119 Å². The van der Waals surface area contributed by atoms with E-state index in [4.69, 9.17) is 30.5 Å². The quantitative estimate of drug-likeness (QED) is 0.0228. The second kappa shape index (κ2) is 39.4. The largest absolute Gasteiger partial charge is 1.00 e. The van der Waals surface area contributed by atoms with Crippen LogP contribution in [0.2, 0.25) is 0 Å². The van der Waals surface area contributed by atoms with Gasteiger partial charge in [-0.2, -0.15) is 0 Å². The van der Waals surface area contributed by atoms with Gasteiger partial charge in [0.25, 0.3) is 0 Å². The standard InChI is InChI=1S/C44H50O6S2.C31H32O6S2.C13H19Cl.Li/c1-7-11-34(9-3)35-16-12-33(13-17-35)31-51(45,46)43-30-40(49-10-4)26-29-42(43)52(47,48)41-27-24-39(25-28-41)50-38-22-20-37(21-23-38)44(5,6)36-18-14-32(8-2)15-19-36;1-5-22-7-9-23(10-8-22)31(3,4)24-11-13-25(14-12-24)37-26-15-18-28(19-16-26)39(34,35)30-20-17-27(36-6-2)21-29(30)38(32)33;1-3-5-12(4-2)13-8-6-11(10-14)7-9-13;/h12-30,34H,7-11,31H2,1-6H3;7-21H,5-6H2,1-4H3,(H,32,33);6-9,12H,3-5,10H2,1-2H3;/q;;;+1/p-1. The summed E-state index contributed by atoms with van der Waals surface area (Å²) in [5.41, 5.74) is 11.4. The van der Waals surface area contributed by atoms with Gasteiger partial charge in [-0.1, -0.05) is 203 Å². The molecule has 0 spiro atoms. The van der Waals surface area contributed by atoms with Crippen molar-refractivity contribution in [3.05, 3.63) is 286 Å². The van der Waals surface area contributed by atoms with Gasteiger partial charge in [-0.05, 0) is 234 Å². The molecule has 0 aliphatic carbocycles. The number of benzene rings is 10. The van der Waals surface area contributed by atoms with Gasteiger partial charge in [0, 0.05) is 27.7 Å². The number of hydrogen-bond donors (Lipinski definition) is 0. The number of ether oxygens (including phenoxy) is 4. The summed E-state index contributed by atoms with van der Waals surface area (Å²) < 4.78 is 129. The molecular weight excluding hydrogens is 1420 g/mol. The fourth-order valence-corrected chi connectivity index (χ4v) is 18.7. The Bertz CT molecular complexity index is 4800. The molecule has 0 amide bonds. The Kier molecular flexibility index (Phi) is 31.8. The first-order valence-corrected chi connectivity index (χ1v) is 42.5. The van der Waals surface area contributed by atoms with Crippen molar-refractivity contribution < 1.29 is 71.8 Å². The van der Waals surface area contributed by atoms with Gasteiger partial charge in [0.1, 0.15) is 34.5 Å². The van der Waals surface area contributed by atoms with Gasteiger partial charge in [0.05, 0.1) is 43.4 Å². The van der Waals surface area contributed by atoms with Gasteiger partial charge in [0.2, 0.25) is 19.7 Å². The second-order valence-corrected chi connectivity index (χ2v) is 34.0.